The number of hydrogen-bond donors (Lipinski definition) is 1. The largest absolute Gasteiger partial charge is 0.312 e. The molecule has 0 aromatic carbocycles. The fourth-order valence-corrected chi connectivity index (χ4v) is 6.59. The van der Waals surface area contributed by atoms with E-state index in [1.807, 2.05) is 11.4 Å². The minimum atomic E-state index is -3.21. The highest BCUT2D eigenvalue weighted by molar-refractivity contribution is 7.94. The van der Waals surface area contributed by atoms with Gasteiger partial charge >= 0.3 is 0 Å². The molecule has 1 aliphatic carbocycles. The van der Waals surface area contributed by atoms with Crippen LogP contribution >= 0.6 is 11.3 Å². The summed E-state index contributed by atoms with van der Waals surface area (Å²) in [6.45, 7) is 7.38. The highest BCUT2D eigenvalue weighted by Gasteiger charge is 2.45. The van der Waals surface area contributed by atoms with Gasteiger partial charge in [0.05, 0.1) is 5.25 Å². The van der Waals surface area contributed by atoms with Crippen LogP contribution in [0.15, 0.2) is 21.7 Å². The Labute approximate surface area is 126 Å². The van der Waals surface area contributed by atoms with Gasteiger partial charge in [0, 0.05) is 6.04 Å². The van der Waals surface area contributed by atoms with Gasteiger partial charge in [-0.25, -0.2) is 8.42 Å². The molecule has 1 fully saturated rings. The first-order valence-electron chi connectivity index (χ1n) is 7.40. The van der Waals surface area contributed by atoms with E-state index in [1.165, 1.54) is 11.3 Å². The predicted molar refractivity (Wildman–Crippen MR) is 85.0 cm³/mol. The van der Waals surface area contributed by atoms with Crippen LogP contribution in [0.2, 0.25) is 0 Å². The molecule has 1 aliphatic rings. The summed E-state index contributed by atoms with van der Waals surface area (Å²) in [5.74, 6) is 0. The Morgan fingerprint density at radius 1 is 1.45 bits per heavy atom. The number of sulfone groups is 1. The lowest BCUT2D eigenvalue weighted by molar-refractivity contribution is 0.171. The van der Waals surface area contributed by atoms with Crippen LogP contribution in [0.25, 0.3) is 0 Å². The van der Waals surface area contributed by atoms with E-state index in [9.17, 15) is 8.42 Å². The molecule has 0 spiro atoms. The van der Waals surface area contributed by atoms with Crippen LogP contribution in [0, 0.1) is 5.41 Å². The first kappa shape index (κ1) is 16.0. The second kappa shape index (κ2) is 6.16. The second-order valence-corrected chi connectivity index (χ2v) is 9.67. The number of nitrogens with one attached hydrogen (secondary N) is 1. The van der Waals surface area contributed by atoms with Crippen molar-refractivity contribution in [1.29, 1.82) is 0 Å². The molecule has 114 valence electrons. The van der Waals surface area contributed by atoms with Crippen molar-refractivity contribution in [3.8, 4) is 0 Å². The van der Waals surface area contributed by atoms with Crippen LogP contribution in [0.1, 0.15) is 46.5 Å². The zero-order valence-corrected chi connectivity index (χ0v) is 14.2. The van der Waals surface area contributed by atoms with Crippen LogP contribution in [0.5, 0.6) is 0 Å². The van der Waals surface area contributed by atoms with E-state index in [0.717, 1.165) is 32.2 Å². The van der Waals surface area contributed by atoms with E-state index >= 15 is 0 Å². The van der Waals surface area contributed by atoms with Crippen molar-refractivity contribution in [1.82, 2.24) is 5.32 Å². The Hall–Kier alpha value is -0.390. The normalized spacial score (nSPS) is 26.6. The quantitative estimate of drug-likeness (QED) is 0.905. The van der Waals surface area contributed by atoms with Gasteiger partial charge < -0.3 is 5.32 Å². The fourth-order valence-electron chi connectivity index (χ4n) is 3.20. The lowest BCUT2D eigenvalue weighted by Gasteiger charge is -2.44. The van der Waals surface area contributed by atoms with E-state index in [2.05, 4.69) is 26.1 Å². The van der Waals surface area contributed by atoms with Gasteiger partial charge in [-0.3, -0.25) is 0 Å². The molecule has 1 aromatic heterocycles. The third kappa shape index (κ3) is 3.10. The van der Waals surface area contributed by atoms with Gasteiger partial charge in [-0.2, -0.15) is 0 Å². The third-order valence-electron chi connectivity index (χ3n) is 4.31. The van der Waals surface area contributed by atoms with Crippen LogP contribution < -0.4 is 5.32 Å². The molecule has 0 aliphatic heterocycles. The van der Waals surface area contributed by atoms with Gasteiger partial charge in [-0.05, 0) is 42.7 Å². The molecule has 0 amide bonds. The van der Waals surface area contributed by atoms with E-state index in [-0.39, 0.29) is 16.7 Å². The Kier molecular flexibility index (Phi) is 4.92. The molecule has 5 heteroatoms. The average molecular weight is 316 g/mol. The highest BCUT2D eigenvalue weighted by atomic mass is 32.2. The van der Waals surface area contributed by atoms with Crippen molar-refractivity contribution in [2.45, 2.75) is 62.0 Å². The van der Waals surface area contributed by atoms with Crippen LogP contribution in [0.3, 0.4) is 0 Å². The predicted octanol–water partition coefficient (Wildman–Crippen LogP) is 3.47. The maximum Gasteiger partial charge on any atom is 0.192 e. The molecule has 0 saturated heterocycles. The minimum absolute atomic E-state index is 0.0302. The van der Waals surface area contributed by atoms with E-state index in [0.29, 0.717) is 4.21 Å². The second-order valence-electron chi connectivity index (χ2n) is 6.33. The zero-order chi connectivity index (χ0) is 14.8. The molecule has 20 heavy (non-hydrogen) atoms. The van der Waals surface area contributed by atoms with Crippen molar-refractivity contribution in [2.24, 2.45) is 5.41 Å². The molecule has 1 heterocycles. The van der Waals surface area contributed by atoms with Crippen LogP contribution in [-0.2, 0) is 9.84 Å². The molecule has 3 nitrogen and oxygen atoms in total. The highest BCUT2D eigenvalue weighted by Crippen LogP contribution is 2.40. The zero-order valence-electron chi connectivity index (χ0n) is 12.6. The van der Waals surface area contributed by atoms with E-state index < -0.39 is 9.84 Å². The summed E-state index contributed by atoms with van der Waals surface area (Å²) in [5.41, 5.74) is 0.0302. The average Bonchev–Trinajstić information content (AvgIpc) is 2.90. The van der Waals surface area contributed by atoms with Gasteiger partial charge in [0.25, 0.3) is 0 Å². The number of hydrogen-bond acceptors (Lipinski definition) is 4. The van der Waals surface area contributed by atoms with E-state index in [1.54, 1.807) is 6.07 Å². The van der Waals surface area contributed by atoms with Gasteiger partial charge in [-0.1, -0.05) is 33.3 Å². The molecular formula is C15H25NO2S2. The SMILES string of the molecule is CCCNC1C(S(=O)(=O)c2cccs2)CCCC1(C)C. The maximum atomic E-state index is 12.9. The molecule has 1 aromatic rings. The Morgan fingerprint density at radius 3 is 2.80 bits per heavy atom. The lowest BCUT2D eigenvalue weighted by Crippen LogP contribution is -2.55. The fraction of sp³-hybridized carbons (Fsp3) is 0.733. The van der Waals surface area contributed by atoms with Gasteiger partial charge in [0.1, 0.15) is 4.21 Å². The summed E-state index contributed by atoms with van der Waals surface area (Å²) in [7, 11) is -3.21. The van der Waals surface area contributed by atoms with Crippen molar-refractivity contribution < 1.29 is 8.42 Å². The Morgan fingerprint density at radius 2 is 2.20 bits per heavy atom. The van der Waals surface area contributed by atoms with Gasteiger partial charge in [-0.15, -0.1) is 11.3 Å². The topological polar surface area (TPSA) is 46.2 Å². The van der Waals surface area contributed by atoms with Crippen molar-refractivity contribution in [3.63, 3.8) is 0 Å². The molecule has 0 bridgehead atoms. The van der Waals surface area contributed by atoms with Crippen molar-refractivity contribution in [3.05, 3.63) is 17.5 Å². The molecular weight excluding hydrogens is 290 g/mol. The standard InChI is InChI=1S/C15H25NO2S2/c1-4-10-16-14-12(7-5-9-15(14,2)3)20(17,18)13-8-6-11-19-13/h6,8,11-12,14,16H,4-5,7,9-10H2,1-3H3. The Balaban J connectivity index is 2.32. The number of thiophene rings is 1. The van der Waals surface area contributed by atoms with Gasteiger partial charge in [0.15, 0.2) is 9.84 Å². The summed E-state index contributed by atoms with van der Waals surface area (Å²) >= 11 is 1.33. The van der Waals surface area contributed by atoms with Crippen LogP contribution in [-0.4, -0.2) is 26.3 Å². The summed E-state index contributed by atoms with van der Waals surface area (Å²) < 4.78 is 26.3. The summed E-state index contributed by atoms with van der Waals surface area (Å²) in [6.07, 6.45) is 3.88. The first-order valence-corrected chi connectivity index (χ1v) is 9.83. The molecule has 1 N–H and O–H groups in total. The first-order chi connectivity index (χ1) is 9.39. The van der Waals surface area contributed by atoms with E-state index in [4.69, 9.17) is 0 Å². The lowest BCUT2D eigenvalue weighted by atomic mass is 9.73. The summed E-state index contributed by atoms with van der Waals surface area (Å²) in [5, 5.41) is 5.05. The van der Waals surface area contributed by atoms with Crippen molar-refractivity contribution in [2.75, 3.05) is 6.54 Å². The monoisotopic (exact) mass is 315 g/mol. The molecule has 0 radical (unpaired) electrons. The smallest absolute Gasteiger partial charge is 0.192 e. The third-order valence-corrected chi connectivity index (χ3v) is 7.96. The Bertz CT molecular complexity index is 520. The minimum Gasteiger partial charge on any atom is -0.312 e. The number of rotatable bonds is 5. The summed E-state index contributed by atoms with van der Waals surface area (Å²) in [6, 6.07) is 3.60. The maximum absolute atomic E-state index is 12.9. The van der Waals surface area contributed by atoms with Crippen LogP contribution in [0.4, 0.5) is 0 Å². The molecule has 2 atom stereocenters. The molecule has 2 rings (SSSR count). The summed E-state index contributed by atoms with van der Waals surface area (Å²) in [4.78, 5) is 0. The van der Waals surface area contributed by atoms with Gasteiger partial charge in [0.2, 0.25) is 0 Å². The molecule has 2 unspecified atom stereocenters. The molecule has 1 saturated carbocycles. The van der Waals surface area contributed by atoms with Crippen molar-refractivity contribution >= 4 is 21.2 Å².